The third-order valence-corrected chi connectivity index (χ3v) is 5.83. The van der Waals surface area contributed by atoms with E-state index in [4.69, 9.17) is 16.1 Å². The van der Waals surface area contributed by atoms with Crippen molar-refractivity contribution in [2.75, 3.05) is 0 Å². The number of aliphatic imine (C=N–C) groups is 1. The Bertz CT molecular complexity index is 1270. The van der Waals surface area contributed by atoms with Crippen LogP contribution in [0.25, 0.3) is 0 Å². The van der Waals surface area contributed by atoms with E-state index in [1.165, 1.54) is 4.57 Å². The molecule has 0 unspecified atom stereocenters. The molecule has 0 radical (unpaired) electrons. The number of aryl methyl sites for hydroxylation is 1. The van der Waals surface area contributed by atoms with Crippen molar-refractivity contribution in [2.24, 2.45) is 4.99 Å². The van der Waals surface area contributed by atoms with Gasteiger partial charge in [0.05, 0.1) is 5.56 Å². The molecule has 3 aromatic rings. The van der Waals surface area contributed by atoms with Crippen LogP contribution in [0, 0.1) is 0 Å². The predicted molar refractivity (Wildman–Crippen MR) is 125 cm³/mol. The second kappa shape index (κ2) is 10.2. The van der Waals surface area contributed by atoms with Crippen LogP contribution in [0.1, 0.15) is 55.4 Å². The summed E-state index contributed by atoms with van der Waals surface area (Å²) in [4.78, 5) is 34.6. The molecule has 174 valence electrons. The second-order valence-corrected chi connectivity index (χ2v) is 8.55. The fourth-order valence-electron chi connectivity index (χ4n) is 3.89. The molecule has 0 aliphatic carbocycles. The Morgan fingerprint density at radius 2 is 1.85 bits per heavy atom. The molecule has 4 rings (SSSR count). The number of aromatic nitrogens is 4. The van der Waals surface area contributed by atoms with E-state index in [1.54, 1.807) is 28.8 Å². The van der Waals surface area contributed by atoms with Gasteiger partial charge in [-0.25, -0.2) is 9.79 Å². The molecule has 1 aliphatic heterocycles. The fraction of sp³-hybridized carbons (Fsp3) is 0.435. The smallest absolute Gasteiger partial charge is 0.332 e. The van der Waals surface area contributed by atoms with E-state index < -0.39 is 0 Å². The average molecular weight is 472 g/mol. The standard InChI is InChI=1S/C23H26ClN5O4/c1-2-3-4-11-28-21-17(14-18(24)25-21)22(31)29(23(28)32)12-5-6-20-26-19(27-33-20)13-15-7-9-16(30)10-8-15/h7-10,30H,2-6,11-14H2,1H3. The first-order chi connectivity index (χ1) is 16.0. The lowest BCUT2D eigenvalue weighted by Crippen LogP contribution is -2.41. The maximum absolute atomic E-state index is 13.1. The van der Waals surface area contributed by atoms with Gasteiger partial charge in [0.2, 0.25) is 5.89 Å². The zero-order chi connectivity index (χ0) is 23.4. The van der Waals surface area contributed by atoms with Crippen LogP contribution >= 0.6 is 11.6 Å². The summed E-state index contributed by atoms with van der Waals surface area (Å²) in [5, 5.41) is 13.7. The number of hydrogen-bond acceptors (Lipinski definition) is 7. The SMILES string of the molecule is CCCCCn1c2c(c(=O)n(CCCc3nc(Cc4ccc(O)cc4)no3)c1=O)CC(Cl)=N2. The van der Waals surface area contributed by atoms with Gasteiger partial charge in [-0.2, -0.15) is 4.98 Å². The minimum atomic E-state index is -0.358. The van der Waals surface area contributed by atoms with Crippen LogP contribution in [0.3, 0.4) is 0 Å². The first kappa shape index (κ1) is 23.0. The van der Waals surface area contributed by atoms with Gasteiger partial charge in [-0.05, 0) is 30.5 Å². The number of nitrogens with zero attached hydrogens (tertiary/aromatic N) is 5. The lowest BCUT2D eigenvalue weighted by molar-refractivity contribution is 0.366. The molecule has 10 heteroatoms. The molecule has 2 aromatic heterocycles. The minimum absolute atomic E-state index is 0.201. The van der Waals surface area contributed by atoms with Crippen molar-refractivity contribution in [1.82, 2.24) is 19.3 Å². The summed E-state index contributed by atoms with van der Waals surface area (Å²) in [7, 11) is 0. The summed E-state index contributed by atoms with van der Waals surface area (Å²) in [5.74, 6) is 1.59. The Morgan fingerprint density at radius 3 is 2.61 bits per heavy atom. The zero-order valence-electron chi connectivity index (χ0n) is 18.5. The Hall–Kier alpha value is -3.20. The highest BCUT2D eigenvalue weighted by Crippen LogP contribution is 2.24. The molecule has 0 saturated heterocycles. The Labute approximate surface area is 195 Å². The Kier molecular flexibility index (Phi) is 7.08. The summed E-state index contributed by atoms with van der Waals surface area (Å²) in [6.07, 6.45) is 4.53. The molecule has 3 heterocycles. The van der Waals surface area contributed by atoms with Gasteiger partial charge < -0.3 is 9.63 Å². The van der Waals surface area contributed by atoms with Crippen molar-refractivity contribution in [1.29, 1.82) is 0 Å². The second-order valence-electron chi connectivity index (χ2n) is 8.12. The third kappa shape index (κ3) is 5.24. The van der Waals surface area contributed by atoms with E-state index in [-0.39, 0.29) is 30.0 Å². The lowest BCUT2D eigenvalue weighted by atomic mass is 10.1. The van der Waals surface area contributed by atoms with Gasteiger partial charge in [0.25, 0.3) is 5.56 Å². The van der Waals surface area contributed by atoms with E-state index in [0.29, 0.717) is 54.1 Å². The molecule has 0 amide bonds. The monoisotopic (exact) mass is 471 g/mol. The number of phenols is 1. The van der Waals surface area contributed by atoms with Crippen molar-refractivity contribution in [3.05, 3.63) is 67.9 Å². The van der Waals surface area contributed by atoms with Crippen LogP contribution in [0.15, 0.2) is 43.4 Å². The first-order valence-corrected chi connectivity index (χ1v) is 11.5. The molecule has 1 N–H and O–H groups in total. The van der Waals surface area contributed by atoms with Crippen molar-refractivity contribution in [2.45, 2.75) is 65.0 Å². The van der Waals surface area contributed by atoms with Crippen molar-refractivity contribution in [3.63, 3.8) is 0 Å². The molecule has 33 heavy (non-hydrogen) atoms. The normalized spacial score (nSPS) is 12.7. The number of unbranched alkanes of at least 4 members (excludes halogenated alkanes) is 2. The number of aromatic hydroxyl groups is 1. The lowest BCUT2D eigenvalue weighted by Gasteiger charge is -2.13. The van der Waals surface area contributed by atoms with E-state index in [1.807, 2.05) is 0 Å². The van der Waals surface area contributed by atoms with E-state index in [2.05, 4.69) is 22.1 Å². The molecule has 1 aromatic carbocycles. The molecule has 0 spiro atoms. The van der Waals surface area contributed by atoms with E-state index in [0.717, 1.165) is 24.8 Å². The summed E-state index contributed by atoms with van der Waals surface area (Å²) < 4.78 is 8.16. The van der Waals surface area contributed by atoms with Crippen LogP contribution in [0.5, 0.6) is 5.75 Å². The van der Waals surface area contributed by atoms with Crippen LogP contribution in [0.2, 0.25) is 0 Å². The molecule has 0 bridgehead atoms. The number of hydrogen-bond donors (Lipinski definition) is 1. The highest BCUT2D eigenvalue weighted by atomic mass is 35.5. The van der Waals surface area contributed by atoms with Gasteiger partial charge in [0.1, 0.15) is 16.7 Å². The number of halogens is 1. The Morgan fingerprint density at radius 1 is 1.09 bits per heavy atom. The zero-order valence-corrected chi connectivity index (χ0v) is 19.2. The van der Waals surface area contributed by atoms with Gasteiger partial charge in [0, 0.05) is 32.4 Å². The van der Waals surface area contributed by atoms with Gasteiger partial charge in [-0.1, -0.05) is 48.7 Å². The molecular weight excluding hydrogens is 446 g/mol. The van der Waals surface area contributed by atoms with E-state index in [9.17, 15) is 14.7 Å². The van der Waals surface area contributed by atoms with Gasteiger partial charge in [-0.3, -0.25) is 13.9 Å². The average Bonchev–Trinajstić information content (AvgIpc) is 3.41. The minimum Gasteiger partial charge on any atom is -0.508 e. The number of benzene rings is 1. The summed E-state index contributed by atoms with van der Waals surface area (Å²) >= 11 is 6.09. The van der Waals surface area contributed by atoms with Crippen LogP contribution in [0.4, 0.5) is 5.82 Å². The third-order valence-electron chi connectivity index (χ3n) is 5.61. The first-order valence-electron chi connectivity index (χ1n) is 11.1. The molecule has 0 fully saturated rings. The topological polar surface area (TPSA) is 116 Å². The molecular formula is C23H26ClN5O4. The van der Waals surface area contributed by atoms with Crippen LogP contribution < -0.4 is 11.2 Å². The van der Waals surface area contributed by atoms with Gasteiger partial charge in [-0.15, -0.1) is 0 Å². The summed E-state index contributed by atoms with van der Waals surface area (Å²) in [6, 6.07) is 6.82. The maximum atomic E-state index is 13.1. The summed E-state index contributed by atoms with van der Waals surface area (Å²) in [6.45, 7) is 2.84. The largest absolute Gasteiger partial charge is 0.508 e. The van der Waals surface area contributed by atoms with Gasteiger partial charge in [0.15, 0.2) is 5.82 Å². The van der Waals surface area contributed by atoms with Crippen molar-refractivity contribution in [3.8, 4) is 5.75 Å². The maximum Gasteiger partial charge on any atom is 0.332 e. The van der Waals surface area contributed by atoms with Crippen molar-refractivity contribution < 1.29 is 9.63 Å². The summed E-state index contributed by atoms with van der Waals surface area (Å²) in [5.41, 5.74) is 0.739. The van der Waals surface area contributed by atoms with E-state index >= 15 is 0 Å². The quantitative estimate of drug-likeness (QED) is 0.453. The number of fused-ring (bicyclic) bond motifs is 1. The fourth-order valence-corrected chi connectivity index (χ4v) is 4.11. The number of phenolic OH excluding ortho intramolecular Hbond substituents is 1. The highest BCUT2D eigenvalue weighted by Gasteiger charge is 2.24. The Balaban J connectivity index is 1.45. The van der Waals surface area contributed by atoms with Crippen LogP contribution in [-0.2, 0) is 32.4 Å². The molecule has 0 saturated carbocycles. The predicted octanol–water partition coefficient (Wildman–Crippen LogP) is 3.34. The number of rotatable bonds is 10. The van der Waals surface area contributed by atoms with Crippen LogP contribution in [-0.4, -0.2) is 29.6 Å². The van der Waals surface area contributed by atoms with Gasteiger partial charge >= 0.3 is 5.69 Å². The van der Waals surface area contributed by atoms with Crippen molar-refractivity contribution >= 4 is 22.6 Å². The molecule has 9 nitrogen and oxygen atoms in total. The highest BCUT2D eigenvalue weighted by molar-refractivity contribution is 6.66. The molecule has 0 atom stereocenters. The molecule has 1 aliphatic rings.